The molecule has 2 aromatic carbocycles. The number of nitrogens with zero attached hydrogens (tertiary/aromatic N) is 1. The first-order valence-electron chi connectivity index (χ1n) is 6.35. The number of benzene rings is 2. The van der Waals surface area contributed by atoms with Crippen LogP contribution in [0.15, 0.2) is 42.5 Å². The molecular weight excluding hydrogens is 224 g/mol. The third-order valence-corrected chi connectivity index (χ3v) is 3.18. The van der Waals surface area contributed by atoms with E-state index in [-0.39, 0.29) is 12.6 Å². The summed E-state index contributed by atoms with van der Waals surface area (Å²) in [5, 5.41) is 11.5. The highest BCUT2D eigenvalue weighted by Gasteiger charge is 2.11. The zero-order valence-corrected chi connectivity index (χ0v) is 10.7. The van der Waals surface area contributed by atoms with E-state index in [1.807, 2.05) is 12.1 Å². The van der Waals surface area contributed by atoms with E-state index < -0.39 is 0 Å². The van der Waals surface area contributed by atoms with Crippen LogP contribution in [0.25, 0.3) is 10.8 Å². The molecule has 2 aromatic rings. The van der Waals surface area contributed by atoms with E-state index in [2.05, 4.69) is 42.2 Å². The van der Waals surface area contributed by atoms with Crippen LogP contribution in [-0.2, 0) is 0 Å². The fourth-order valence-electron chi connectivity index (χ4n) is 2.22. The van der Waals surface area contributed by atoms with Gasteiger partial charge in [-0.15, -0.1) is 0 Å². The van der Waals surface area contributed by atoms with Gasteiger partial charge in [0.15, 0.2) is 0 Å². The van der Waals surface area contributed by atoms with Gasteiger partial charge in [0.05, 0.1) is 6.61 Å². The second-order valence-corrected chi connectivity index (χ2v) is 4.48. The van der Waals surface area contributed by atoms with E-state index in [1.165, 1.54) is 16.5 Å². The van der Waals surface area contributed by atoms with Crippen LogP contribution in [0.5, 0.6) is 0 Å². The second kappa shape index (κ2) is 5.85. The van der Waals surface area contributed by atoms with Gasteiger partial charge in [-0.1, -0.05) is 36.4 Å². The Labute approximate surface area is 108 Å². The molecule has 96 valence electrons. The summed E-state index contributed by atoms with van der Waals surface area (Å²) in [5.41, 5.74) is 7.02. The van der Waals surface area contributed by atoms with Crippen molar-refractivity contribution in [3.05, 3.63) is 42.5 Å². The summed E-state index contributed by atoms with van der Waals surface area (Å²) in [6.45, 7) is 3.66. The molecule has 0 fully saturated rings. The smallest absolute Gasteiger partial charge is 0.0599 e. The maximum atomic E-state index is 9.09. The SMILES string of the molecule is CCN(CC(N)CO)c1cccc2ccccc12. The lowest BCUT2D eigenvalue weighted by atomic mass is 10.1. The average molecular weight is 244 g/mol. The molecule has 3 N–H and O–H groups in total. The number of rotatable bonds is 5. The van der Waals surface area contributed by atoms with Crippen molar-refractivity contribution in [3.8, 4) is 0 Å². The van der Waals surface area contributed by atoms with Crippen molar-refractivity contribution in [1.82, 2.24) is 0 Å². The number of nitrogens with two attached hydrogens (primary N) is 1. The number of aliphatic hydroxyl groups is 1. The Morgan fingerprint density at radius 3 is 2.61 bits per heavy atom. The largest absolute Gasteiger partial charge is 0.395 e. The quantitative estimate of drug-likeness (QED) is 0.845. The molecule has 0 aromatic heterocycles. The van der Waals surface area contributed by atoms with E-state index in [4.69, 9.17) is 10.8 Å². The zero-order chi connectivity index (χ0) is 13.0. The normalized spacial score (nSPS) is 12.6. The Bertz CT molecular complexity index is 507. The molecule has 0 spiro atoms. The number of fused-ring (bicyclic) bond motifs is 1. The molecule has 0 radical (unpaired) electrons. The first-order valence-corrected chi connectivity index (χ1v) is 6.35. The predicted octanol–water partition coefficient (Wildman–Crippen LogP) is 1.99. The van der Waals surface area contributed by atoms with E-state index in [1.54, 1.807) is 0 Å². The van der Waals surface area contributed by atoms with Crippen LogP contribution < -0.4 is 10.6 Å². The van der Waals surface area contributed by atoms with Crippen molar-refractivity contribution >= 4 is 16.5 Å². The van der Waals surface area contributed by atoms with E-state index in [0.29, 0.717) is 6.54 Å². The minimum Gasteiger partial charge on any atom is -0.395 e. The third kappa shape index (κ3) is 2.63. The van der Waals surface area contributed by atoms with Crippen molar-refractivity contribution in [1.29, 1.82) is 0 Å². The molecule has 2 rings (SSSR count). The van der Waals surface area contributed by atoms with Crippen molar-refractivity contribution in [2.75, 3.05) is 24.6 Å². The highest BCUT2D eigenvalue weighted by atomic mass is 16.3. The van der Waals surface area contributed by atoms with Gasteiger partial charge in [-0.05, 0) is 18.4 Å². The standard InChI is InChI=1S/C15H20N2O/c1-2-17(10-13(16)11-18)15-9-5-7-12-6-3-4-8-14(12)15/h3-9,13,18H,2,10-11,16H2,1H3. The van der Waals surface area contributed by atoms with Crippen LogP contribution in [0, 0.1) is 0 Å². The van der Waals surface area contributed by atoms with Crippen molar-refractivity contribution < 1.29 is 5.11 Å². The third-order valence-electron chi connectivity index (χ3n) is 3.18. The van der Waals surface area contributed by atoms with Crippen molar-refractivity contribution in [2.24, 2.45) is 5.73 Å². The lowest BCUT2D eigenvalue weighted by Crippen LogP contribution is -2.39. The van der Waals surface area contributed by atoms with Gasteiger partial charge in [0, 0.05) is 30.2 Å². The van der Waals surface area contributed by atoms with E-state index >= 15 is 0 Å². The topological polar surface area (TPSA) is 49.5 Å². The van der Waals surface area contributed by atoms with Gasteiger partial charge < -0.3 is 15.7 Å². The first kappa shape index (κ1) is 12.9. The summed E-state index contributed by atoms with van der Waals surface area (Å²) >= 11 is 0. The van der Waals surface area contributed by atoms with E-state index in [9.17, 15) is 0 Å². The minimum atomic E-state index is -0.205. The van der Waals surface area contributed by atoms with Crippen LogP contribution in [0.4, 0.5) is 5.69 Å². The molecule has 0 heterocycles. The van der Waals surface area contributed by atoms with Gasteiger partial charge in [-0.25, -0.2) is 0 Å². The molecule has 0 saturated heterocycles. The number of likely N-dealkylation sites (N-methyl/N-ethyl adjacent to an activating group) is 1. The Balaban J connectivity index is 2.38. The van der Waals surface area contributed by atoms with Gasteiger partial charge in [0.25, 0.3) is 0 Å². The molecule has 1 atom stereocenters. The van der Waals surface area contributed by atoms with E-state index in [0.717, 1.165) is 6.54 Å². The van der Waals surface area contributed by atoms with Crippen molar-refractivity contribution in [2.45, 2.75) is 13.0 Å². The summed E-state index contributed by atoms with van der Waals surface area (Å²) < 4.78 is 0. The lowest BCUT2D eigenvalue weighted by molar-refractivity contribution is 0.267. The molecule has 18 heavy (non-hydrogen) atoms. The fraction of sp³-hybridized carbons (Fsp3) is 0.333. The Morgan fingerprint density at radius 2 is 1.89 bits per heavy atom. The molecule has 0 aliphatic heterocycles. The Kier molecular flexibility index (Phi) is 4.18. The highest BCUT2D eigenvalue weighted by molar-refractivity contribution is 5.94. The summed E-state index contributed by atoms with van der Waals surface area (Å²) in [5.74, 6) is 0. The van der Waals surface area contributed by atoms with Gasteiger partial charge in [0.1, 0.15) is 0 Å². The van der Waals surface area contributed by atoms with Gasteiger partial charge in [0.2, 0.25) is 0 Å². The number of hydrogen-bond donors (Lipinski definition) is 2. The Hall–Kier alpha value is -1.58. The minimum absolute atomic E-state index is 0.0151. The summed E-state index contributed by atoms with van der Waals surface area (Å²) in [7, 11) is 0. The fourth-order valence-corrected chi connectivity index (χ4v) is 2.22. The summed E-state index contributed by atoms with van der Waals surface area (Å²) in [4.78, 5) is 2.21. The molecule has 0 saturated carbocycles. The summed E-state index contributed by atoms with van der Waals surface area (Å²) in [6, 6.07) is 14.4. The monoisotopic (exact) mass is 244 g/mol. The van der Waals surface area contributed by atoms with Crippen LogP contribution in [0.3, 0.4) is 0 Å². The van der Waals surface area contributed by atoms with Gasteiger partial charge >= 0.3 is 0 Å². The molecule has 3 heteroatoms. The second-order valence-electron chi connectivity index (χ2n) is 4.48. The molecular formula is C15H20N2O. The maximum Gasteiger partial charge on any atom is 0.0599 e. The number of aliphatic hydroxyl groups excluding tert-OH is 1. The lowest BCUT2D eigenvalue weighted by Gasteiger charge is -2.27. The molecule has 0 amide bonds. The molecule has 0 aliphatic carbocycles. The average Bonchev–Trinajstić information content (AvgIpc) is 2.44. The number of anilines is 1. The Morgan fingerprint density at radius 1 is 1.17 bits per heavy atom. The van der Waals surface area contributed by atoms with Crippen LogP contribution in [-0.4, -0.2) is 30.8 Å². The van der Waals surface area contributed by atoms with Crippen LogP contribution in [0.1, 0.15) is 6.92 Å². The maximum absolute atomic E-state index is 9.09. The molecule has 0 aliphatic rings. The zero-order valence-electron chi connectivity index (χ0n) is 10.7. The molecule has 1 unspecified atom stereocenters. The van der Waals surface area contributed by atoms with Gasteiger partial charge in [-0.3, -0.25) is 0 Å². The van der Waals surface area contributed by atoms with Crippen LogP contribution >= 0.6 is 0 Å². The molecule has 3 nitrogen and oxygen atoms in total. The van der Waals surface area contributed by atoms with Gasteiger partial charge in [-0.2, -0.15) is 0 Å². The highest BCUT2D eigenvalue weighted by Crippen LogP contribution is 2.26. The molecule has 0 bridgehead atoms. The number of hydrogen-bond acceptors (Lipinski definition) is 3. The summed E-state index contributed by atoms with van der Waals surface area (Å²) in [6.07, 6.45) is 0. The first-order chi connectivity index (χ1) is 8.76. The van der Waals surface area contributed by atoms with Crippen LogP contribution in [0.2, 0.25) is 0 Å². The predicted molar refractivity (Wildman–Crippen MR) is 76.9 cm³/mol. The van der Waals surface area contributed by atoms with Crippen molar-refractivity contribution in [3.63, 3.8) is 0 Å².